The van der Waals surface area contributed by atoms with Crippen LogP contribution in [0.5, 0.6) is 0 Å². The molecule has 0 unspecified atom stereocenters. The molecule has 5 aromatic heterocycles. The van der Waals surface area contributed by atoms with Crippen molar-refractivity contribution in [1.29, 1.82) is 0 Å². The maximum atomic E-state index is 12.8. The van der Waals surface area contributed by atoms with Crippen molar-refractivity contribution in [2.45, 2.75) is 183 Å². The van der Waals surface area contributed by atoms with Gasteiger partial charge in [0.15, 0.2) is 11.6 Å². The molecule has 0 radical (unpaired) electrons. The maximum absolute atomic E-state index is 12.8. The SMILES string of the molecule is C.C.CC(=O)/C=C/Cc1ccc(-n2sc(=O)n(Cc3ccccc3)c2=O)cc1.CC(=O)c1ccc(-n2sc(=O)n(Cc3ccccc3)c2=O)cc1.CNC(=O)CCCCC(=O)Nc1ccc(-n2sc(=O)n(Cc3ccccc3)c2=O)cc1.CNC(=O)CCCCCCC(=O)Nc1ccc(-n2sc(=O)n(Cc3ccccc3)c2=O)cc1.CNC(=O)CCCCCCCCC(=O)Nc1ccc(-n2sc(=O)n(Cc3ccccc3)c2=O)cc1. The fourth-order valence-electron chi connectivity index (χ4n) is 14.9. The van der Waals surface area contributed by atoms with Gasteiger partial charge in [-0.2, -0.15) is 0 Å². The van der Waals surface area contributed by atoms with Crippen molar-refractivity contribution in [1.82, 2.24) is 58.6 Å². The summed E-state index contributed by atoms with van der Waals surface area (Å²) in [6, 6.07) is 81.4. The molecule has 39 heteroatoms. The fraction of sp³-hybridized carbons (Fsp3) is 0.279. The number of benzene rings is 10. The van der Waals surface area contributed by atoms with Crippen molar-refractivity contribution in [3.63, 3.8) is 0 Å². The Morgan fingerprint density at radius 3 is 0.660 bits per heavy atom. The average molecular weight is 2130 g/mol. The number of unbranched alkanes of at least 4 members (excludes halogenated alkanes) is 9. The van der Waals surface area contributed by atoms with E-state index in [-0.39, 0.29) is 142 Å². The Bertz CT molecular complexity index is 7620. The van der Waals surface area contributed by atoms with Gasteiger partial charge < -0.3 is 31.9 Å². The van der Waals surface area contributed by atoms with E-state index in [2.05, 4.69) is 31.9 Å². The van der Waals surface area contributed by atoms with Gasteiger partial charge in [-0.3, -0.25) is 62.3 Å². The number of anilines is 3. The minimum Gasteiger partial charge on any atom is -0.359 e. The highest BCUT2D eigenvalue weighted by molar-refractivity contribution is 7.05. The molecule has 0 atom stereocenters. The van der Waals surface area contributed by atoms with E-state index in [1.807, 2.05) is 164 Å². The number of Topliss-reactive ketones (excluding diaryl/α,β-unsaturated/α-hetero) is 1. The van der Waals surface area contributed by atoms with Crippen molar-refractivity contribution in [3.8, 4) is 28.4 Å². The van der Waals surface area contributed by atoms with Crippen LogP contribution in [0.3, 0.4) is 0 Å². The van der Waals surface area contributed by atoms with Crippen LogP contribution in [0.25, 0.3) is 28.4 Å². The summed E-state index contributed by atoms with van der Waals surface area (Å²) in [7, 11) is 4.86. The summed E-state index contributed by atoms with van der Waals surface area (Å²) in [4.78, 5) is 215. The van der Waals surface area contributed by atoms with Crippen LogP contribution in [-0.2, 0) is 72.7 Å². The van der Waals surface area contributed by atoms with Crippen LogP contribution in [0.15, 0.2) is 333 Å². The number of allylic oxidation sites excluding steroid dienone is 2. The number of aromatic nitrogens is 10. The zero-order valence-corrected chi connectivity index (χ0v) is 86.6. The molecule has 0 fully saturated rings. The minimum absolute atomic E-state index is 0. The maximum Gasteiger partial charge on any atom is 0.346 e. The third-order valence-corrected chi connectivity index (χ3v) is 27.6. The van der Waals surface area contributed by atoms with E-state index in [4.69, 9.17) is 0 Å². The first-order valence-corrected chi connectivity index (χ1v) is 52.0. The van der Waals surface area contributed by atoms with Crippen molar-refractivity contribution in [3.05, 3.63) is 425 Å². The van der Waals surface area contributed by atoms with Gasteiger partial charge in [0.25, 0.3) is 0 Å². The van der Waals surface area contributed by atoms with Gasteiger partial charge >= 0.3 is 52.8 Å². The first kappa shape index (κ1) is 117. The molecule has 6 N–H and O–H groups in total. The lowest BCUT2D eigenvalue weighted by molar-refractivity contribution is -0.121. The third-order valence-electron chi connectivity index (χ3n) is 22.9. The second-order valence-electron chi connectivity index (χ2n) is 34.1. The first-order valence-electron chi connectivity index (χ1n) is 48.1. The molecule has 15 rings (SSSR count). The Balaban J connectivity index is 0.000000209. The smallest absolute Gasteiger partial charge is 0.346 e. The summed E-state index contributed by atoms with van der Waals surface area (Å²) in [5, 5.41) is 16.3. The van der Waals surface area contributed by atoms with E-state index < -0.39 is 5.69 Å². The largest absolute Gasteiger partial charge is 0.359 e. The van der Waals surface area contributed by atoms with E-state index in [9.17, 15) is 86.3 Å². The highest BCUT2D eigenvalue weighted by Gasteiger charge is 2.21. The summed E-state index contributed by atoms with van der Waals surface area (Å²) in [6.07, 6.45) is 17.1. The lowest BCUT2D eigenvalue weighted by Gasteiger charge is -2.07. The van der Waals surface area contributed by atoms with Gasteiger partial charge in [0.2, 0.25) is 35.4 Å². The van der Waals surface area contributed by atoms with Crippen LogP contribution in [0.1, 0.15) is 188 Å². The Labute approximate surface area is 886 Å². The van der Waals surface area contributed by atoms with Gasteiger partial charge in [-0.05, 0) is 207 Å². The topological polar surface area (TPSA) is 429 Å². The molecular weight excluding hydrogens is 2010 g/mol. The van der Waals surface area contributed by atoms with Crippen LogP contribution >= 0.6 is 57.7 Å². The second-order valence-corrected chi connectivity index (χ2v) is 38.5. The lowest BCUT2D eigenvalue weighted by Crippen LogP contribution is -2.28. The summed E-state index contributed by atoms with van der Waals surface area (Å²) in [5.74, 6) is -0.210. The molecular formula is C111H124N16O18S5. The molecule has 150 heavy (non-hydrogen) atoms. The fourth-order valence-corrected chi connectivity index (χ4v) is 18.9. The number of carbonyl (C=O) groups excluding carboxylic acids is 8. The van der Waals surface area contributed by atoms with Crippen molar-refractivity contribution < 1.29 is 38.4 Å². The first-order chi connectivity index (χ1) is 71.5. The minimum atomic E-state index is -0.397. The molecule has 0 aliphatic rings. The van der Waals surface area contributed by atoms with E-state index in [0.29, 0.717) is 109 Å². The van der Waals surface area contributed by atoms with Gasteiger partial charge in [-0.1, -0.05) is 223 Å². The van der Waals surface area contributed by atoms with E-state index in [1.54, 1.807) is 136 Å². The molecule has 34 nitrogen and oxygen atoms in total. The molecule has 5 heterocycles. The zero-order valence-electron chi connectivity index (χ0n) is 82.5. The Hall–Kier alpha value is -16.1. The Morgan fingerprint density at radius 2 is 0.447 bits per heavy atom. The molecule has 10 aromatic carbocycles. The molecule has 0 aliphatic carbocycles. The molecule has 786 valence electrons. The highest BCUT2D eigenvalue weighted by Crippen LogP contribution is 2.22. The monoisotopic (exact) mass is 2130 g/mol. The third kappa shape index (κ3) is 36.5. The van der Waals surface area contributed by atoms with Crippen LogP contribution < -0.4 is 84.7 Å². The van der Waals surface area contributed by atoms with Crippen LogP contribution in [0, 0.1) is 0 Å². The second kappa shape index (κ2) is 60.9. The van der Waals surface area contributed by atoms with Crippen LogP contribution in [0.4, 0.5) is 17.1 Å². The number of rotatable bonds is 43. The summed E-state index contributed by atoms with van der Waals surface area (Å²) < 4.78 is 12.9. The summed E-state index contributed by atoms with van der Waals surface area (Å²) in [6.45, 7) is 4.16. The lowest BCUT2D eigenvalue weighted by atomic mass is 10.1. The summed E-state index contributed by atoms with van der Waals surface area (Å²) in [5.41, 5.74) is 8.98. The van der Waals surface area contributed by atoms with Gasteiger partial charge in [0.1, 0.15) is 0 Å². The standard InChI is InChI=1S/C26H32N4O4S.C24H28N4O4S.C22H24N4O4S.C20H18N2O3S.C17H14N2O3S.2CH4/c1-27-23(31)13-9-4-2-3-5-10-14-24(32)28-21-15-17-22(18-16-21)30-25(33)29(26(34)35-30)19-20-11-7-6-8-12-20;1-25-21(29)11-7-2-3-8-12-22(30)26-19-13-15-20(16-14-19)28-23(31)27(24(32)33-28)17-18-9-5-4-6-10-18;1-23-19(27)9-5-6-10-20(28)24-17-11-13-18(14-12-17)26-21(29)25(22(30)31-26)15-16-7-3-2-4-8-16;1-15(23)6-5-9-16-10-12-18(13-11-16)22-19(24)21(20(25)26-22)14-17-7-3-2-4-8-17;1-12(20)14-7-9-15(10-8-14)19-16(21)18(17(22)23-19)11-13-5-3-2-4-6-13;;/h6-8,11-12,15-18H,2-5,9-10,13-14,19H2,1H3,(H,27,31)(H,28,32);4-6,9-10,13-16H,2-3,7-8,11-12,17H2,1H3,(H,25,29)(H,26,30);2-4,7-8,11-14H,5-6,9-10,15H2,1H3,(H,23,27)(H,24,28);2-8,10-13H,9,14H2,1H3;2-10H,11H2,1H3;2*1H4/b;;;6-5+;;;. The van der Waals surface area contributed by atoms with E-state index in [0.717, 1.165) is 155 Å². The Kier molecular flexibility index (Phi) is 47.7. The van der Waals surface area contributed by atoms with Gasteiger partial charge in [0, 0.05) is 140 Å². The molecule has 6 amide bonds. The number of ketones is 2. The van der Waals surface area contributed by atoms with Crippen molar-refractivity contribution >= 4 is 122 Å². The van der Waals surface area contributed by atoms with Gasteiger partial charge in [-0.15, -0.1) is 0 Å². The number of amides is 6. The van der Waals surface area contributed by atoms with Crippen molar-refractivity contribution in [2.75, 3.05) is 37.1 Å². The average Bonchev–Trinajstić information content (AvgIpc) is 1.67. The number of nitrogens with one attached hydrogen (secondary N) is 6. The molecule has 0 saturated heterocycles. The highest BCUT2D eigenvalue weighted by atomic mass is 32.1. The van der Waals surface area contributed by atoms with E-state index >= 15 is 0 Å². The number of carbonyl (C=O) groups is 8. The number of hydrogen-bond acceptors (Lipinski definition) is 23. The van der Waals surface area contributed by atoms with Gasteiger partial charge in [0.05, 0.1) is 61.2 Å². The molecule has 15 aromatic rings. The number of nitrogens with zero attached hydrogens (tertiary/aromatic N) is 10. The van der Waals surface area contributed by atoms with Crippen LogP contribution in [0.2, 0.25) is 0 Å². The van der Waals surface area contributed by atoms with Gasteiger partial charge in [-0.25, -0.2) is 66.6 Å². The summed E-state index contributed by atoms with van der Waals surface area (Å²) >= 11 is 4.30. The Morgan fingerprint density at radius 1 is 0.247 bits per heavy atom. The predicted octanol–water partition coefficient (Wildman–Crippen LogP) is 15.8. The quantitative estimate of drug-likeness (QED) is 0.0117. The normalized spacial score (nSPS) is 10.6. The molecule has 0 spiro atoms. The molecule has 0 saturated carbocycles. The van der Waals surface area contributed by atoms with Crippen molar-refractivity contribution in [2.24, 2.45) is 0 Å². The number of hydrogen-bond donors (Lipinski definition) is 6. The zero-order chi connectivity index (χ0) is 106. The molecule has 0 aliphatic heterocycles. The molecule has 0 bridgehead atoms. The van der Waals surface area contributed by atoms with E-state index in [1.165, 1.54) is 62.5 Å². The predicted molar refractivity (Wildman–Crippen MR) is 597 cm³/mol. The van der Waals surface area contributed by atoms with Crippen LogP contribution in [-0.4, -0.2) is 111 Å².